The molecule has 0 N–H and O–H groups in total. The maximum absolute atomic E-state index is 2.50. The van der Waals surface area contributed by atoms with Gasteiger partial charge in [0, 0.05) is 25.3 Å². The Labute approximate surface area is 118 Å². The Morgan fingerprint density at radius 2 is 1.56 bits per heavy atom. The van der Waals surface area contributed by atoms with Gasteiger partial charge in [0.2, 0.25) is 0 Å². The van der Waals surface area contributed by atoms with Crippen LogP contribution >= 0.6 is 12.4 Å². The molecule has 0 aliphatic heterocycles. The van der Waals surface area contributed by atoms with Crippen molar-refractivity contribution in [3.8, 4) is 0 Å². The van der Waals surface area contributed by atoms with Crippen LogP contribution in [0.3, 0.4) is 0 Å². The number of para-hydroxylation sites is 1. The lowest BCUT2D eigenvalue weighted by atomic mass is 10.2. The van der Waals surface area contributed by atoms with Crippen LogP contribution in [0, 0.1) is 0 Å². The zero-order valence-corrected chi connectivity index (χ0v) is 12.7. The average Bonchev–Trinajstić information content (AvgIpc) is 2.34. The molecule has 0 saturated heterocycles. The van der Waals surface area contributed by atoms with E-state index in [0.29, 0.717) is 0 Å². The van der Waals surface area contributed by atoms with Gasteiger partial charge in [0.05, 0.1) is 0 Å². The number of halogens is 1. The highest BCUT2D eigenvalue weighted by atomic mass is 35.5. The zero-order valence-electron chi connectivity index (χ0n) is 11.9. The van der Waals surface area contributed by atoms with Crippen LogP contribution in [0.2, 0.25) is 0 Å². The lowest BCUT2D eigenvalue weighted by Crippen LogP contribution is -2.32. The van der Waals surface area contributed by atoms with Crippen molar-refractivity contribution in [1.29, 1.82) is 0 Å². The molecule has 1 aromatic carbocycles. The topological polar surface area (TPSA) is 6.48 Å². The summed E-state index contributed by atoms with van der Waals surface area (Å²) in [5, 5.41) is 0. The summed E-state index contributed by atoms with van der Waals surface area (Å²) in [7, 11) is 4.27. The van der Waals surface area contributed by atoms with Gasteiger partial charge in [0.25, 0.3) is 0 Å². The van der Waals surface area contributed by atoms with Crippen molar-refractivity contribution in [2.24, 2.45) is 0 Å². The molecule has 1 rings (SSSR count). The number of anilines is 1. The molecule has 0 aliphatic carbocycles. The predicted molar refractivity (Wildman–Crippen MR) is 84.0 cm³/mol. The molecule has 1 aromatic rings. The van der Waals surface area contributed by atoms with Gasteiger partial charge < -0.3 is 9.80 Å². The maximum atomic E-state index is 2.50. The van der Waals surface area contributed by atoms with Crippen LogP contribution in [0.5, 0.6) is 0 Å². The summed E-state index contributed by atoms with van der Waals surface area (Å²) < 4.78 is 0. The molecule has 0 aliphatic rings. The Hall–Kier alpha value is -0.730. The van der Waals surface area contributed by atoms with Crippen LogP contribution in [0.4, 0.5) is 5.69 Å². The molecule has 0 unspecified atom stereocenters. The summed E-state index contributed by atoms with van der Waals surface area (Å²) >= 11 is 0. The van der Waals surface area contributed by atoms with Crippen molar-refractivity contribution >= 4 is 18.1 Å². The van der Waals surface area contributed by atoms with Crippen LogP contribution in [-0.2, 0) is 0 Å². The molecule has 0 spiro atoms. The number of hydrogen-bond donors (Lipinski definition) is 0. The van der Waals surface area contributed by atoms with E-state index < -0.39 is 0 Å². The number of nitrogens with zero attached hydrogens (tertiary/aromatic N) is 2. The average molecular weight is 271 g/mol. The van der Waals surface area contributed by atoms with Crippen LogP contribution in [-0.4, -0.2) is 38.6 Å². The SMILES string of the molecule is CCCCCN(CCN(C)C)c1ccccc1.Cl. The predicted octanol–water partition coefficient (Wildman–Crippen LogP) is 3.67. The Kier molecular flexibility index (Phi) is 9.80. The molecule has 3 heteroatoms. The number of hydrogen-bond acceptors (Lipinski definition) is 2. The summed E-state index contributed by atoms with van der Waals surface area (Å²) in [5.74, 6) is 0. The van der Waals surface area contributed by atoms with Gasteiger partial charge in [-0.15, -0.1) is 12.4 Å². The normalized spacial score (nSPS) is 10.2. The lowest BCUT2D eigenvalue weighted by molar-refractivity contribution is 0.412. The first-order valence-corrected chi connectivity index (χ1v) is 6.68. The summed E-state index contributed by atoms with van der Waals surface area (Å²) in [6, 6.07) is 10.7. The van der Waals surface area contributed by atoms with Gasteiger partial charge in [0.15, 0.2) is 0 Å². The molecule has 18 heavy (non-hydrogen) atoms. The molecule has 0 atom stereocenters. The van der Waals surface area contributed by atoms with Crippen molar-refractivity contribution < 1.29 is 0 Å². The molecular formula is C15H27ClN2. The van der Waals surface area contributed by atoms with E-state index in [-0.39, 0.29) is 12.4 Å². The highest BCUT2D eigenvalue weighted by molar-refractivity contribution is 5.85. The largest absolute Gasteiger partial charge is 0.370 e. The van der Waals surface area contributed by atoms with E-state index in [4.69, 9.17) is 0 Å². The van der Waals surface area contributed by atoms with Crippen LogP contribution in [0.25, 0.3) is 0 Å². The quantitative estimate of drug-likeness (QED) is 0.665. The van der Waals surface area contributed by atoms with Crippen LogP contribution in [0.15, 0.2) is 30.3 Å². The highest BCUT2D eigenvalue weighted by Crippen LogP contribution is 2.14. The first-order chi connectivity index (χ1) is 8.24. The molecule has 0 heterocycles. The Bertz CT molecular complexity index is 288. The van der Waals surface area contributed by atoms with Crippen molar-refractivity contribution in [2.45, 2.75) is 26.2 Å². The van der Waals surface area contributed by atoms with Gasteiger partial charge in [-0.25, -0.2) is 0 Å². The monoisotopic (exact) mass is 270 g/mol. The van der Waals surface area contributed by atoms with E-state index >= 15 is 0 Å². The van der Waals surface area contributed by atoms with E-state index in [1.807, 2.05) is 0 Å². The lowest BCUT2D eigenvalue weighted by Gasteiger charge is -2.26. The Balaban J connectivity index is 0.00000289. The fourth-order valence-electron chi connectivity index (χ4n) is 1.88. The van der Waals surface area contributed by atoms with E-state index in [1.54, 1.807) is 0 Å². The first kappa shape index (κ1) is 17.3. The third-order valence-electron chi connectivity index (χ3n) is 2.97. The number of unbranched alkanes of at least 4 members (excludes halogenated alkanes) is 2. The molecule has 0 radical (unpaired) electrons. The third-order valence-corrected chi connectivity index (χ3v) is 2.97. The van der Waals surface area contributed by atoms with Crippen molar-refractivity contribution in [3.05, 3.63) is 30.3 Å². The second kappa shape index (κ2) is 10.2. The minimum absolute atomic E-state index is 0. The second-order valence-electron chi connectivity index (χ2n) is 4.83. The summed E-state index contributed by atoms with van der Waals surface area (Å²) in [6.07, 6.45) is 3.90. The Morgan fingerprint density at radius 1 is 0.889 bits per heavy atom. The fourth-order valence-corrected chi connectivity index (χ4v) is 1.88. The number of likely N-dealkylation sites (N-methyl/N-ethyl adjacent to an activating group) is 1. The molecule has 0 amide bonds. The van der Waals surface area contributed by atoms with Gasteiger partial charge in [-0.1, -0.05) is 38.0 Å². The number of rotatable bonds is 8. The highest BCUT2D eigenvalue weighted by Gasteiger charge is 2.05. The molecule has 0 fully saturated rings. The summed E-state index contributed by atoms with van der Waals surface area (Å²) in [6.45, 7) is 5.65. The standard InChI is InChI=1S/C15H26N2.ClH/c1-4-5-9-12-17(14-13-16(2)3)15-10-7-6-8-11-15;/h6-8,10-11H,4-5,9,12-14H2,1-3H3;1H. The van der Waals surface area contributed by atoms with Gasteiger partial charge >= 0.3 is 0 Å². The third kappa shape index (κ3) is 6.87. The van der Waals surface area contributed by atoms with E-state index in [2.05, 4.69) is 61.2 Å². The van der Waals surface area contributed by atoms with Crippen LogP contribution in [0.1, 0.15) is 26.2 Å². The fraction of sp³-hybridized carbons (Fsp3) is 0.600. The summed E-state index contributed by atoms with van der Waals surface area (Å²) in [4.78, 5) is 4.74. The van der Waals surface area contributed by atoms with Gasteiger partial charge in [0.1, 0.15) is 0 Å². The molecule has 0 bridgehead atoms. The van der Waals surface area contributed by atoms with Crippen LogP contribution < -0.4 is 4.90 Å². The second-order valence-corrected chi connectivity index (χ2v) is 4.83. The van der Waals surface area contributed by atoms with Crippen molar-refractivity contribution in [3.63, 3.8) is 0 Å². The van der Waals surface area contributed by atoms with E-state index in [0.717, 1.165) is 13.1 Å². The number of benzene rings is 1. The van der Waals surface area contributed by atoms with E-state index in [1.165, 1.54) is 31.5 Å². The molecule has 104 valence electrons. The van der Waals surface area contributed by atoms with Gasteiger partial charge in [-0.3, -0.25) is 0 Å². The van der Waals surface area contributed by atoms with Gasteiger partial charge in [-0.05, 0) is 32.6 Å². The van der Waals surface area contributed by atoms with Crippen molar-refractivity contribution in [1.82, 2.24) is 4.90 Å². The minimum atomic E-state index is 0. The Morgan fingerprint density at radius 3 is 2.11 bits per heavy atom. The smallest absolute Gasteiger partial charge is 0.0366 e. The van der Waals surface area contributed by atoms with E-state index in [9.17, 15) is 0 Å². The molecule has 0 saturated carbocycles. The molecular weight excluding hydrogens is 244 g/mol. The first-order valence-electron chi connectivity index (χ1n) is 6.68. The van der Waals surface area contributed by atoms with Gasteiger partial charge in [-0.2, -0.15) is 0 Å². The minimum Gasteiger partial charge on any atom is -0.370 e. The maximum Gasteiger partial charge on any atom is 0.0366 e. The summed E-state index contributed by atoms with van der Waals surface area (Å²) in [5.41, 5.74) is 1.35. The molecule has 2 nitrogen and oxygen atoms in total. The zero-order chi connectivity index (χ0) is 12.5. The molecule has 0 aromatic heterocycles. The van der Waals surface area contributed by atoms with Crippen molar-refractivity contribution in [2.75, 3.05) is 38.6 Å².